The molecule has 4 aromatic rings. The summed E-state index contributed by atoms with van der Waals surface area (Å²) < 4.78 is 14.9. The number of amides is 1. The van der Waals surface area contributed by atoms with Crippen LogP contribution in [-0.4, -0.2) is 20.7 Å². The molecule has 2 aromatic heterocycles. The fourth-order valence-electron chi connectivity index (χ4n) is 3.30. The molecular weight excluding hydrogens is 403 g/mol. The van der Waals surface area contributed by atoms with Crippen LogP contribution in [0.1, 0.15) is 16.1 Å². The molecule has 0 fully saturated rings. The molecule has 0 saturated carbocycles. The molecule has 6 nitrogen and oxygen atoms in total. The van der Waals surface area contributed by atoms with Gasteiger partial charge in [0.1, 0.15) is 18.1 Å². The molecule has 1 amide bonds. The molecule has 0 atom stereocenters. The van der Waals surface area contributed by atoms with E-state index in [2.05, 4.69) is 15.4 Å². The molecule has 30 heavy (non-hydrogen) atoms. The molecule has 0 saturated heterocycles. The van der Waals surface area contributed by atoms with Crippen molar-refractivity contribution < 1.29 is 9.18 Å². The molecule has 0 bridgehead atoms. The minimum absolute atomic E-state index is 0.277. The highest BCUT2D eigenvalue weighted by atomic mass is 32.1. The van der Waals surface area contributed by atoms with Crippen LogP contribution in [0.5, 0.6) is 0 Å². The van der Waals surface area contributed by atoms with E-state index in [0.29, 0.717) is 21.6 Å². The summed E-state index contributed by atoms with van der Waals surface area (Å²) in [5, 5.41) is 7.93. The Morgan fingerprint density at radius 1 is 1.13 bits per heavy atom. The van der Waals surface area contributed by atoms with Gasteiger partial charge in [0.2, 0.25) is 5.91 Å². The van der Waals surface area contributed by atoms with Gasteiger partial charge in [-0.3, -0.25) is 9.59 Å². The number of carbonyl (C=O) groups is 1. The Kier molecular flexibility index (Phi) is 5.17. The van der Waals surface area contributed by atoms with Crippen LogP contribution in [0.2, 0.25) is 0 Å². The van der Waals surface area contributed by atoms with E-state index >= 15 is 0 Å². The van der Waals surface area contributed by atoms with Gasteiger partial charge in [0.25, 0.3) is 5.56 Å². The van der Waals surface area contributed by atoms with E-state index < -0.39 is 17.3 Å². The number of aromatic nitrogens is 3. The first kappa shape index (κ1) is 19.9. The molecule has 0 aliphatic heterocycles. The summed E-state index contributed by atoms with van der Waals surface area (Å²) in [5.41, 5.74) is 3.99. The molecule has 0 spiro atoms. The van der Waals surface area contributed by atoms with E-state index in [4.69, 9.17) is 0 Å². The number of benzene rings is 2. The molecule has 1 N–H and O–H groups in total. The highest BCUT2D eigenvalue weighted by molar-refractivity contribution is 7.19. The standard InChI is InChI=1S/C22H19FN4O2S/c1-12-4-9-17(13(2)10-12)19-21-20(24-14(3)30-21)22(29)27(26-19)11-18(28)25-16-7-5-15(23)6-8-16/h4-10H,11H2,1-3H3,(H,25,28). The summed E-state index contributed by atoms with van der Waals surface area (Å²) in [4.78, 5) is 29.8. The Morgan fingerprint density at radius 2 is 1.87 bits per heavy atom. The van der Waals surface area contributed by atoms with Crippen LogP contribution in [0.25, 0.3) is 21.5 Å². The molecule has 0 aliphatic rings. The Balaban J connectivity index is 1.76. The fraction of sp³-hybridized carbons (Fsp3) is 0.182. The normalized spacial score (nSPS) is 11.1. The molecule has 0 radical (unpaired) electrons. The Hall–Kier alpha value is -3.39. The van der Waals surface area contributed by atoms with Crippen molar-refractivity contribution in [1.82, 2.24) is 14.8 Å². The number of anilines is 1. The summed E-state index contributed by atoms with van der Waals surface area (Å²) in [5.74, 6) is -0.831. The van der Waals surface area contributed by atoms with Crippen molar-refractivity contribution in [3.05, 3.63) is 74.8 Å². The fourth-order valence-corrected chi connectivity index (χ4v) is 4.21. The molecule has 8 heteroatoms. The lowest BCUT2D eigenvalue weighted by molar-refractivity contribution is -0.117. The van der Waals surface area contributed by atoms with Gasteiger partial charge in [0.15, 0.2) is 5.52 Å². The zero-order valence-electron chi connectivity index (χ0n) is 16.7. The van der Waals surface area contributed by atoms with Crippen molar-refractivity contribution in [2.75, 3.05) is 5.32 Å². The van der Waals surface area contributed by atoms with Crippen LogP contribution in [0, 0.1) is 26.6 Å². The van der Waals surface area contributed by atoms with Crippen molar-refractivity contribution in [2.45, 2.75) is 27.3 Å². The number of halogens is 1. The van der Waals surface area contributed by atoms with Gasteiger partial charge in [-0.25, -0.2) is 14.1 Å². The molecule has 2 heterocycles. The molecule has 4 rings (SSSR count). The summed E-state index contributed by atoms with van der Waals surface area (Å²) in [6.45, 7) is 5.56. The predicted octanol–water partition coefficient (Wildman–Crippen LogP) is 4.22. The zero-order chi connectivity index (χ0) is 21.4. The summed E-state index contributed by atoms with van der Waals surface area (Å²) >= 11 is 1.41. The highest BCUT2D eigenvalue weighted by Crippen LogP contribution is 2.31. The van der Waals surface area contributed by atoms with Crippen LogP contribution in [0.3, 0.4) is 0 Å². The number of hydrogen-bond donors (Lipinski definition) is 1. The van der Waals surface area contributed by atoms with Gasteiger partial charge in [-0.15, -0.1) is 11.3 Å². The van der Waals surface area contributed by atoms with Crippen LogP contribution in [0.4, 0.5) is 10.1 Å². The Morgan fingerprint density at radius 3 is 2.57 bits per heavy atom. The molecule has 0 unspecified atom stereocenters. The topological polar surface area (TPSA) is 76.9 Å². The maximum atomic E-state index is 13.1. The number of aryl methyl sites for hydroxylation is 3. The SMILES string of the molecule is Cc1ccc(-c2nn(CC(=O)Nc3ccc(F)cc3)c(=O)c3nc(C)sc23)c(C)c1. The van der Waals surface area contributed by atoms with E-state index in [1.54, 1.807) is 0 Å². The second-order valence-electron chi connectivity index (χ2n) is 7.10. The van der Waals surface area contributed by atoms with E-state index in [1.165, 1.54) is 35.6 Å². The largest absolute Gasteiger partial charge is 0.324 e. The summed E-state index contributed by atoms with van der Waals surface area (Å²) in [6.07, 6.45) is 0. The number of nitrogens with one attached hydrogen (secondary N) is 1. The average molecular weight is 422 g/mol. The third kappa shape index (κ3) is 3.86. The second-order valence-corrected chi connectivity index (χ2v) is 8.30. The van der Waals surface area contributed by atoms with E-state index in [1.807, 2.05) is 39.0 Å². The van der Waals surface area contributed by atoms with Gasteiger partial charge in [-0.2, -0.15) is 5.10 Å². The zero-order valence-corrected chi connectivity index (χ0v) is 17.5. The highest BCUT2D eigenvalue weighted by Gasteiger charge is 2.19. The first-order valence-corrected chi connectivity index (χ1v) is 10.1. The van der Waals surface area contributed by atoms with E-state index in [0.717, 1.165) is 26.4 Å². The van der Waals surface area contributed by atoms with Gasteiger partial charge in [-0.05, 0) is 50.6 Å². The lowest BCUT2D eigenvalue weighted by Gasteiger charge is -2.11. The molecular formula is C22H19FN4O2S. The molecule has 0 aliphatic carbocycles. The lowest BCUT2D eigenvalue weighted by Crippen LogP contribution is -2.30. The van der Waals surface area contributed by atoms with Gasteiger partial charge in [-0.1, -0.05) is 23.8 Å². The van der Waals surface area contributed by atoms with Crippen molar-refractivity contribution in [2.24, 2.45) is 0 Å². The molecule has 152 valence electrons. The van der Waals surface area contributed by atoms with Gasteiger partial charge in [0, 0.05) is 11.3 Å². The Labute approximate surface area is 176 Å². The third-order valence-electron chi connectivity index (χ3n) is 4.67. The van der Waals surface area contributed by atoms with Gasteiger partial charge >= 0.3 is 0 Å². The number of nitrogens with zero attached hydrogens (tertiary/aromatic N) is 3. The van der Waals surface area contributed by atoms with Crippen LogP contribution in [0.15, 0.2) is 47.3 Å². The van der Waals surface area contributed by atoms with Gasteiger partial charge < -0.3 is 5.32 Å². The lowest BCUT2D eigenvalue weighted by atomic mass is 10.0. The van der Waals surface area contributed by atoms with Crippen LogP contribution in [-0.2, 0) is 11.3 Å². The van der Waals surface area contributed by atoms with Crippen LogP contribution < -0.4 is 10.9 Å². The second kappa shape index (κ2) is 7.79. The van der Waals surface area contributed by atoms with Crippen molar-refractivity contribution in [3.8, 4) is 11.3 Å². The maximum absolute atomic E-state index is 13.1. The number of carbonyl (C=O) groups excluding carboxylic acids is 1. The Bertz CT molecular complexity index is 1330. The minimum Gasteiger partial charge on any atom is -0.324 e. The maximum Gasteiger partial charge on any atom is 0.294 e. The number of rotatable bonds is 4. The van der Waals surface area contributed by atoms with Crippen LogP contribution >= 0.6 is 11.3 Å². The first-order chi connectivity index (χ1) is 14.3. The van der Waals surface area contributed by atoms with E-state index in [9.17, 15) is 14.0 Å². The quantitative estimate of drug-likeness (QED) is 0.534. The number of thiazole rings is 1. The van der Waals surface area contributed by atoms with Crippen molar-refractivity contribution in [3.63, 3.8) is 0 Å². The summed E-state index contributed by atoms with van der Waals surface area (Å²) in [7, 11) is 0. The van der Waals surface area contributed by atoms with Crippen molar-refractivity contribution in [1.29, 1.82) is 0 Å². The monoisotopic (exact) mass is 422 g/mol. The summed E-state index contributed by atoms with van der Waals surface area (Å²) in [6, 6.07) is 11.4. The minimum atomic E-state index is -0.436. The van der Waals surface area contributed by atoms with Gasteiger partial charge in [0.05, 0.1) is 9.71 Å². The van der Waals surface area contributed by atoms with Crippen molar-refractivity contribution >= 4 is 33.1 Å². The number of hydrogen-bond acceptors (Lipinski definition) is 5. The number of fused-ring (bicyclic) bond motifs is 1. The molecule has 2 aromatic carbocycles. The van der Waals surface area contributed by atoms with E-state index in [-0.39, 0.29) is 6.54 Å². The third-order valence-corrected chi connectivity index (χ3v) is 5.64. The predicted molar refractivity (Wildman–Crippen MR) is 116 cm³/mol. The average Bonchev–Trinajstić information content (AvgIpc) is 3.08. The first-order valence-electron chi connectivity index (χ1n) is 9.33. The smallest absolute Gasteiger partial charge is 0.294 e.